The highest BCUT2D eigenvalue weighted by atomic mass is 19.2. The fourth-order valence-corrected chi connectivity index (χ4v) is 1.58. The Morgan fingerprint density at radius 3 is 2.55 bits per heavy atom. The van der Waals surface area contributed by atoms with Crippen LogP contribution in [-0.2, 0) is 4.79 Å². The lowest BCUT2D eigenvalue weighted by molar-refractivity contribution is -0.140. The van der Waals surface area contributed by atoms with E-state index in [1.165, 1.54) is 12.1 Å². The highest BCUT2D eigenvalue weighted by Crippen LogP contribution is 2.16. The Morgan fingerprint density at radius 2 is 2.00 bits per heavy atom. The lowest BCUT2D eigenvalue weighted by Crippen LogP contribution is -2.46. The lowest BCUT2D eigenvalue weighted by Gasteiger charge is -2.20. The summed E-state index contributed by atoms with van der Waals surface area (Å²) in [4.78, 5) is 22.7. The second-order valence-corrected chi connectivity index (χ2v) is 4.40. The second kappa shape index (κ2) is 6.83. The minimum absolute atomic E-state index is 0.296. The van der Waals surface area contributed by atoms with Gasteiger partial charge in [0.1, 0.15) is 6.04 Å². The number of anilines is 1. The predicted octanol–water partition coefficient (Wildman–Crippen LogP) is 2.59. The molecule has 0 aliphatic rings. The molecule has 3 N–H and O–H groups in total. The number of carboxylic acids is 1. The molecule has 0 aromatic heterocycles. The van der Waals surface area contributed by atoms with Gasteiger partial charge in [0.2, 0.25) is 0 Å². The summed E-state index contributed by atoms with van der Waals surface area (Å²) >= 11 is 0. The average molecular weight is 286 g/mol. The Labute approximate surface area is 115 Å². The van der Waals surface area contributed by atoms with Crippen molar-refractivity contribution in [2.45, 2.75) is 26.3 Å². The molecule has 2 amide bonds. The number of carbonyl (C=O) groups is 2. The van der Waals surface area contributed by atoms with E-state index in [9.17, 15) is 18.4 Å². The van der Waals surface area contributed by atoms with Crippen molar-refractivity contribution < 1.29 is 23.5 Å². The smallest absolute Gasteiger partial charge is 0.326 e. The van der Waals surface area contributed by atoms with Crippen LogP contribution in [0.5, 0.6) is 0 Å². The molecule has 0 saturated carbocycles. The summed E-state index contributed by atoms with van der Waals surface area (Å²) in [5.74, 6) is -3.78. The van der Waals surface area contributed by atoms with Gasteiger partial charge >= 0.3 is 12.0 Å². The van der Waals surface area contributed by atoms with Gasteiger partial charge in [-0.2, -0.15) is 0 Å². The third-order valence-corrected chi connectivity index (χ3v) is 2.97. The number of benzene rings is 1. The molecule has 0 heterocycles. The van der Waals surface area contributed by atoms with Gasteiger partial charge in [-0.15, -0.1) is 0 Å². The molecule has 1 rings (SSSR count). The highest BCUT2D eigenvalue weighted by molar-refractivity contribution is 5.92. The van der Waals surface area contributed by atoms with Crippen molar-refractivity contribution >= 4 is 17.7 Å². The van der Waals surface area contributed by atoms with Crippen molar-refractivity contribution in [1.29, 1.82) is 0 Å². The number of aliphatic carboxylic acids is 1. The first kappa shape index (κ1) is 15.9. The van der Waals surface area contributed by atoms with Gasteiger partial charge in [0, 0.05) is 0 Å². The van der Waals surface area contributed by atoms with Gasteiger partial charge in [-0.25, -0.2) is 18.4 Å². The summed E-state index contributed by atoms with van der Waals surface area (Å²) in [5, 5.41) is 13.3. The van der Waals surface area contributed by atoms with E-state index in [0.717, 1.165) is 6.07 Å². The van der Waals surface area contributed by atoms with E-state index < -0.39 is 29.7 Å². The zero-order valence-electron chi connectivity index (χ0n) is 11.1. The maximum Gasteiger partial charge on any atom is 0.326 e. The first-order chi connectivity index (χ1) is 9.36. The Kier molecular flexibility index (Phi) is 5.42. The van der Waals surface area contributed by atoms with Crippen molar-refractivity contribution in [3.63, 3.8) is 0 Å². The molecular weight excluding hydrogens is 270 g/mol. The number of halogens is 2. The first-order valence-electron chi connectivity index (χ1n) is 6.11. The zero-order valence-corrected chi connectivity index (χ0v) is 11.1. The van der Waals surface area contributed by atoms with Crippen LogP contribution in [-0.4, -0.2) is 23.1 Å². The Balaban J connectivity index is 2.76. The van der Waals surface area contributed by atoms with E-state index in [0.29, 0.717) is 6.42 Å². The van der Waals surface area contributed by atoms with Gasteiger partial charge in [0.15, 0.2) is 11.6 Å². The molecule has 1 aromatic carbocycles. The van der Waals surface area contributed by atoms with E-state index in [4.69, 9.17) is 5.11 Å². The molecule has 20 heavy (non-hydrogen) atoms. The quantitative estimate of drug-likeness (QED) is 0.778. The van der Waals surface area contributed by atoms with Crippen LogP contribution in [0, 0.1) is 17.6 Å². The van der Waals surface area contributed by atoms with Crippen molar-refractivity contribution in [2.75, 3.05) is 5.32 Å². The molecule has 7 heteroatoms. The van der Waals surface area contributed by atoms with Crippen LogP contribution >= 0.6 is 0 Å². The van der Waals surface area contributed by atoms with Gasteiger partial charge < -0.3 is 15.7 Å². The van der Waals surface area contributed by atoms with Crippen LogP contribution in [0.2, 0.25) is 0 Å². The summed E-state index contributed by atoms with van der Waals surface area (Å²) in [6.07, 6.45) is 0.547. The van der Waals surface area contributed by atoms with Gasteiger partial charge in [-0.05, 0) is 18.1 Å². The van der Waals surface area contributed by atoms with E-state index in [2.05, 4.69) is 10.6 Å². The number of hydrogen-bond donors (Lipinski definition) is 3. The van der Waals surface area contributed by atoms with Gasteiger partial charge in [-0.1, -0.05) is 26.3 Å². The molecule has 0 spiro atoms. The van der Waals surface area contributed by atoms with Gasteiger partial charge in [0.25, 0.3) is 0 Å². The van der Waals surface area contributed by atoms with Crippen LogP contribution in [0.4, 0.5) is 19.3 Å². The van der Waals surface area contributed by atoms with E-state index in [1.54, 1.807) is 13.8 Å². The second-order valence-electron chi connectivity index (χ2n) is 4.40. The maximum atomic E-state index is 13.3. The number of urea groups is 1. The molecule has 2 unspecified atom stereocenters. The Morgan fingerprint density at radius 1 is 1.35 bits per heavy atom. The van der Waals surface area contributed by atoms with E-state index >= 15 is 0 Å². The molecule has 0 radical (unpaired) electrons. The Bertz CT molecular complexity index is 508. The third kappa shape index (κ3) is 3.91. The topological polar surface area (TPSA) is 78.4 Å². The van der Waals surface area contributed by atoms with Crippen LogP contribution in [0.1, 0.15) is 20.3 Å². The summed E-state index contributed by atoms with van der Waals surface area (Å²) in [6.45, 7) is 3.45. The normalized spacial score (nSPS) is 13.4. The van der Waals surface area contributed by atoms with Crippen molar-refractivity contribution in [3.8, 4) is 0 Å². The predicted molar refractivity (Wildman–Crippen MR) is 69.4 cm³/mol. The lowest BCUT2D eigenvalue weighted by atomic mass is 9.99. The Hall–Kier alpha value is -2.18. The molecule has 0 aliphatic heterocycles. The summed E-state index contributed by atoms with van der Waals surface area (Å²) in [5.41, 5.74) is -0.351. The molecule has 2 atom stereocenters. The minimum atomic E-state index is -1.20. The molecule has 1 aromatic rings. The zero-order chi connectivity index (χ0) is 15.3. The van der Waals surface area contributed by atoms with Crippen molar-refractivity contribution in [3.05, 3.63) is 29.8 Å². The van der Waals surface area contributed by atoms with Crippen LogP contribution in [0.25, 0.3) is 0 Å². The van der Waals surface area contributed by atoms with Crippen molar-refractivity contribution in [1.82, 2.24) is 5.32 Å². The fraction of sp³-hybridized carbons (Fsp3) is 0.385. The summed E-state index contributed by atoms with van der Waals surface area (Å²) < 4.78 is 26.3. The summed E-state index contributed by atoms with van der Waals surface area (Å²) in [6, 6.07) is 1.32. The number of nitrogens with one attached hydrogen (secondary N) is 2. The number of carbonyl (C=O) groups excluding carboxylic acids is 1. The molecule has 0 saturated heterocycles. The number of rotatable bonds is 5. The van der Waals surface area contributed by atoms with Crippen molar-refractivity contribution in [2.24, 2.45) is 5.92 Å². The van der Waals surface area contributed by atoms with Crippen LogP contribution in [0.15, 0.2) is 18.2 Å². The molecule has 0 fully saturated rings. The molecular formula is C13H16F2N2O3. The van der Waals surface area contributed by atoms with Gasteiger partial charge in [-0.3, -0.25) is 0 Å². The molecule has 5 nitrogen and oxygen atoms in total. The number of carboxylic acid groups (broad SMARTS) is 1. The van der Waals surface area contributed by atoms with Gasteiger partial charge in [0.05, 0.1) is 5.69 Å². The average Bonchev–Trinajstić information content (AvgIpc) is 2.40. The number of hydrogen-bond acceptors (Lipinski definition) is 2. The molecule has 110 valence electrons. The first-order valence-corrected chi connectivity index (χ1v) is 6.11. The highest BCUT2D eigenvalue weighted by Gasteiger charge is 2.25. The van der Waals surface area contributed by atoms with E-state index in [-0.39, 0.29) is 11.6 Å². The molecule has 0 bridgehead atoms. The standard InChI is InChI=1S/C13H16F2N2O3/c1-3-7(2)11(12(18)19)17-13(20)16-9-6-4-5-8(14)10(9)15/h4-7,11H,3H2,1-2H3,(H,18,19)(H2,16,17,20). The maximum absolute atomic E-state index is 13.3. The number of amides is 2. The monoisotopic (exact) mass is 286 g/mol. The fourth-order valence-electron chi connectivity index (χ4n) is 1.58. The van der Waals surface area contributed by atoms with Crippen LogP contribution < -0.4 is 10.6 Å². The van der Waals surface area contributed by atoms with Crippen LogP contribution in [0.3, 0.4) is 0 Å². The molecule has 0 aliphatic carbocycles. The van der Waals surface area contributed by atoms with E-state index in [1.807, 2.05) is 0 Å². The minimum Gasteiger partial charge on any atom is -0.480 e. The largest absolute Gasteiger partial charge is 0.480 e. The summed E-state index contributed by atoms with van der Waals surface area (Å²) in [7, 11) is 0. The SMILES string of the molecule is CCC(C)C(NC(=O)Nc1cccc(F)c1F)C(=O)O. The third-order valence-electron chi connectivity index (χ3n) is 2.97.